The van der Waals surface area contributed by atoms with E-state index in [1.54, 1.807) is 24.3 Å². The molecule has 0 atom stereocenters. The predicted molar refractivity (Wildman–Crippen MR) is 103 cm³/mol. The molecule has 2 rings (SSSR count). The second kappa shape index (κ2) is 8.68. The van der Waals surface area contributed by atoms with Gasteiger partial charge in [-0.2, -0.15) is 0 Å². The fourth-order valence-electron chi connectivity index (χ4n) is 2.42. The van der Waals surface area contributed by atoms with Crippen LogP contribution in [0.25, 0.3) is 0 Å². The van der Waals surface area contributed by atoms with Crippen LogP contribution in [0, 0.1) is 13.8 Å². The van der Waals surface area contributed by atoms with Gasteiger partial charge in [0, 0.05) is 5.56 Å². The first-order valence-corrected chi connectivity index (χ1v) is 10.0. The SMILES string of the molecule is CO/N=C(/C(=O)NS(C)(=O)=O)c1ccccc1COc1cc(C)ccc1C. The van der Waals surface area contributed by atoms with E-state index < -0.39 is 15.9 Å². The van der Waals surface area contributed by atoms with Gasteiger partial charge in [-0.1, -0.05) is 41.6 Å². The van der Waals surface area contributed by atoms with E-state index in [4.69, 9.17) is 9.57 Å². The van der Waals surface area contributed by atoms with Crippen LogP contribution in [0.15, 0.2) is 47.6 Å². The number of sulfonamides is 1. The van der Waals surface area contributed by atoms with Crippen molar-refractivity contribution in [2.75, 3.05) is 13.4 Å². The van der Waals surface area contributed by atoms with Crippen molar-refractivity contribution in [3.63, 3.8) is 0 Å². The minimum Gasteiger partial charge on any atom is -0.489 e. The van der Waals surface area contributed by atoms with Crippen molar-refractivity contribution in [1.29, 1.82) is 0 Å². The van der Waals surface area contributed by atoms with Gasteiger partial charge in [-0.3, -0.25) is 4.79 Å². The van der Waals surface area contributed by atoms with Crippen LogP contribution in [-0.4, -0.2) is 33.4 Å². The highest BCUT2D eigenvalue weighted by Crippen LogP contribution is 2.21. The van der Waals surface area contributed by atoms with Crippen LogP contribution in [0.4, 0.5) is 0 Å². The Morgan fingerprint density at radius 3 is 2.52 bits per heavy atom. The maximum absolute atomic E-state index is 12.3. The van der Waals surface area contributed by atoms with Crippen molar-refractivity contribution in [2.24, 2.45) is 5.16 Å². The summed E-state index contributed by atoms with van der Waals surface area (Å²) in [7, 11) is -2.46. The first kappa shape index (κ1) is 20.4. The molecule has 2 aromatic rings. The lowest BCUT2D eigenvalue weighted by molar-refractivity contribution is -0.113. The molecule has 0 aliphatic carbocycles. The molecule has 0 aromatic heterocycles. The van der Waals surface area contributed by atoms with Gasteiger partial charge in [0.1, 0.15) is 19.5 Å². The molecular weight excluding hydrogens is 368 g/mol. The Morgan fingerprint density at radius 1 is 1.15 bits per heavy atom. The Morgan fingerprint density at radius 2 is 1.85 bits per heavy atom. The number of ether oxygens (including phenoxy) is 1. The summed E-state index contributed by atoms with van der Waals surface area (Å²) in [5, 5.41) is 3.71. The number of aryl methyl sites for hydroxylation is 2. The maximum atomic E-state index is 12.3. The summed E-state index contributed by atoms with van der Waals surface area (Å²) >= 11 is 0. The fourth-order valence-corrected chi connectivity index (χ4v) is 2.85. The van der Waals surface area contributed by atoms with Crippen molar-refractivity contribution < 1.29 is 22.8 Å². The molecule has 0 aliphatic heterocycles. The Bertz CT molecular complexity index is 968. The molecule has 0 aliphatic rings. The van der Waals surface area contributed by atoms with Gasteiger partial charge in [-0.05, 0) is 36.6 Å². The van der Waals surface area contributed by atoms with Gasteiger partial charge in [-0.15, -0.1) is 0 Å². The second-order valence-corrected chi connectivity index (χ2v) is 7.79. The van der Waals surface area contributed by atoms with Gasteiger partial charge >= 0.3 is 0 Å². The quantitative estimate of drug-likeness (QED) is 0.578. The number of oxime groups is 1. The molecule has 0 spiro atoms. The third-order valence-corrected chi connectivity index (χ3v) is 4.23. The average molecular weight is 390 g/mol. The summed E-state index contributed by atoms with van der Waals surface area (Å²) in [6.07, 6.45) is 0.894. The molecule has 0 unspecified atom stereocenters. The number of nitrogens with zero attached hydrogens (tertiary/aromatic N) is 1. The summed E-state index contributed by atoms with van der Waals surface area (Å²) < 4.78 is 30.6. The standard InChI is InChI=1S/C19H22N2O5S/c1-13-9-10-14(2)17(11-13)26-12-15-7-5-6-8-16(15)18(20-25-3)19(22)21-27(4,23)24/h5-11H,12H2,1-4H3,(H,21,22)/b20-18+. The normalized spacial score (nSPS) is 11.8. The number of hydrogen-bond acceptors (Lipinski definition) is 6. The molecule has 8 heteroatoms. The van der Waals surface area contributed by atoms with Gasteiger partial charge in [0.25, 0.3) is 5.91 Å². The second-order valence-electron chi connectivity index (χ2n) is 6.04. The molecule has 0 saturated carbocycles. The molecule has 1 amide bonds. The van der Waals surface area contributed by atoms with E-state index in [1.165, 1.54) is 7.11 Å². The fraction of sp³-hybridized carbons (Fsp3) is 0.263. The molecule has 0 bridgehead atoms. The summed E-state index contributed by atoms with van der Waals surface area (Å²) in [5.41, 5.74) is 2.99. The molecule has 0 saturated heterocycles. The number of benzene rings is 2. The highest BCUT2D eigenvalue weighted by atomic mass is 32.2. The van der Waals surface area contributed by atoms with E-state index in [-0.39, 0.29) is 12.3 Å². The number of hydrogen-bond donors (Lipinski definition) is 1. The van der Waals surface area contributed by atoms with Crippen LogP contribution in [0.2, 0.25) is 0 Å². The van der Waals surface area contributed by atoms with Gasteiger partial charge in [-0.25, -0.2) is 13.1 Å². The van der Waals surface area contributed by atoms with Crippen molar-refractivity contribution in [2.45, 2.75) is 20.5 Å². The van der Waals surface area contributed by atoms with E-state index in [2.05, 4.69) is 5.16 Å². The zero-order chi connectivity index (χ0) is 20.0. The third kappa shape index (κ3) is 5.82. The van der Waals surface area contributed by atoms with Crippen LogP contribution in [-0.2, 0) is 26.3 Å². The highest BCUT2D eigenvalue weighted by Gasteiger charge is 2.21. The van der Waals surface area contributed by atoms with Crippen molar-refractivity contribution >= 4 is 21.6 Å². The summed E-state index contributed by atoms with van der Waals surface area (Å²) in [4.78, 5) is 17.1. The molecule has 0 fully saturated rings. The Kier molecular flexibility index (Phi) is 6.57. The number of nitrogens with one attached hydrogen (secondary N) is 1. The van der Waals surface area contributed by atoms with Crippen molar-refractivity contribution in [3.8, 4) is 5.75 Å². The van der Waals surface area contributed by atoms with E-state index in [1.807, 2.05) is 36.8 Å². The molecule has 0 radical (unpaired) electrons. The van der Waals surface area contributed by atoms with Crippen LogP contribution in [0.1, 0.15) is 22.3 Å². The van der Waals surface area contributed by atoms with Gasteiger partial charge in [0.2, 0.25) is 10.0 Å². The molecule has 1 N–H and O–H groups in total. The molecule has 27 heavy (non-hydrogen) atoms. The molecule has 7 nitrogen and oxygen atoms in total. The first-order valence-electron chi connectivity index (χ1n) is 8.13. The van der Waals surface area contributed by atoms with Gasteiger partial charge in [0.05, 0.1) is 6.26 Å². The smallest absolute Gasteiger partial charge is 0.287 e. The Balaban J connectivity index is 2.33. The zero-order valence-electron chi connectivity index (χ0n) is 15.6. The average Bonchev–Trinajstić information content (AvgIpc) is 2.59. The van der Waals surface area contributed by atoms with Crippen LogP contribution < -0.4 is 9.46 Å². The summed E-state index contributed by atoms with van der Waals surface area (Å²) in [5.74, 6) is -0.144. The zero-order valence-corrected chi connectivity index (χ0v) is 16.5. The summed E-state index contributed by atoms with van der Waals surface area (Å²) in [6.45, 7) is 4.09. The number of rotatable bonds is 7. The van der Waals surface area contributed by atoms with E-state index >= 15 is 0 Å². The van der Waals surface area contributed by atoms with E-state index in [0.717, 1.165) is 23.1 Å². The van der Waals surface area contributed by atoms with E-state index in [0.29, 0.717) is 11.1 Å². The molecule has 144 valence electrons. The van der Waals surface area contributed by atoms with Crippen LogP contribution in [0.3, 0.4) is 0 Å². The topological polar surface area (TPSA) is 94.1 Å². The van der Waals surface area contributed by atoms with Gasteiger partial charge < -0.3 is 9.57 Å². The van der Waals surface area contributed by atoms with Crippen LogP contribution in [0.5, 0.6) is 5.75 Å². The summed E-state index contributed by atoms with van der Waals surface area (Å²) in [6, 6.07) is 12.8. The molecular formula is C19H22N2O5S. The van der Waals surface area contributed by atoms with Crippen LogP contribution >= 0.6 is 0 Å². The lowest BCUT2D eigenvalue weighted by Crippen LogP contribution is -2.36. The number of carbonyl (C=O) groups is 1. The molecule has 2 aromatic carbocycles. The Labute approximate surface area is 159 Å². The largest absolute Gasteiger partial charge is 0.489 e. The highest BCUT2D eigenvalue weighted by molar-refractivity contribution is 7.89. The monoisotopic (exact) mass is 390 g/mol. The first-order chi connectivity index (χ1) is 12.7. The van der Waals surface area contributed by atoms with E-state index in [9.17, 15) is 13.2 Å². The van der Waals surface area contributed by atoms with Crippen molar-refractivity contribution in [1.82, 2.24) is 4.72 Å². The predicted octanol–water partition coefficient (Wildman–Crippen LogP) is 2.31. The lowest BCUT2D eigenvalue weighted by Gasteiger charge is -2.14. The number of amides is 1. The van der Waals surface area contributed by atoms with Gasteiger partial charge in [0.15, 0.2) is 5.71 Å². The third-order valence-electron chi connectivity index (χ3n) is 3.68. The van der Waals surface area contributed by atoms with Crippen molar-refractivity contribution in [3.05, 3.63) is 64.7 Å². The molecule has 0 heterocycles. The Hall–Kier alpha value is -2.87. The minimum atomic E-state index is -3.74. The lowest BCUT2D eigenvalue weighted by atomic mass is 10.0. The maximum Gasteiger partial charge on any atom is 0.287 e. The minimum absolute atomic E-state index is 0.150. The number of carbonyl (C=O) groups excluding carboxylic acids is 1.